The first kappa shape index (κ1) is 21.1. The number of hydrogen-bond acceptors (Lipinski definition) is 5. The minimum atomic E-state index is -3.42. The Bertz CT molecular complexity index is 1000. The van der Waals surface area contributed by atoms with Gasteiger partial charge in [0.15, 0.2) is 9.84 Å². The lowest BCUT2D eigenvalue weighted by molar-refractivity contribution is 0.0766. The van der Waals surface area contributed by atoms with Crippen LogP contribution in [0.5, 0.6) is 5.88 Å². The Morgan fingerprint density at radius 1 is 1.07 bits per heavy atom. The fraction of sp³-hybridized carbons (Fsp3) is 0.455. The van der Waals surface area contributed by atoms with Gasteiger partial charge in [0.2, 0.25) is 5.88 Å². The molecule has 0 bridgehead atoms. The van der Waals surface area contributed by atoms with E-state index in [1.54, 1.807) is 41.3 Å². The number of sulfone groups is 1. The van der Waals surface area contributed by atoms with Crippen LogP contribution >= 0.6 is 11.6 Å². The average molecular weight is 449 g/mol. The summed E-state index contributed by atoms with van der Waals surface area (Å²) in [5, 5.41) is -0.266. The van der Waals surface area contributed by atoms with Crippen LogP contribution in [0.4, 0.5) is 0 Å². The van der Waals surface area contributed by atoms with Gasteiger partial charge in [-0.3, -0.25) is 4.79 Å². The summed E-state index contributed by atoms with van der Waals surface area (Å²) < 4.78 is 31.5. The van der Waals surface area contributed by atoms with E-state index in [2.05, 4.69) is 4.98 Å². The van der Waals surface area contributed by atoms with Crippen molar-refractivity contribution < 1.29 is 17.9 Å². The number of pyridine rings is 1. The maximum atomic E-state index is 13.0. The first-order valence-corrected chi connectivity index (χ1v) is 12.4. The summed E-state index contributed by atoms with van der Waals surface area (Å²) in [5.41, 5.74) is 1.03. The molecule has 0 unspecified atom stereocenters. The second-order valence-corrected chi connectivity index (χ2v) is 10.6. The van der Waals surface area contributed by atoms with E-state index in [0.29, 0.717) is 35.0 Å². The number of amides is 1. The minimum absolute atomic E-state index is 0.0923. The topological polar surface area (TPSA) is 76.6 Å². The second kappa shape index (κ2) is 8.94. The third kappa shape index (κ3) is 4.62. The molecule has 1 aliphatic heterocycles. The fourth-order valence-electron chi connectivity index (χ4n) is 4.17. The van der Waals surface area contributed by atoms with Gasteiger partial charge in [0.1, 0.15) is 6.10 Å². The molecular formula is C22H25ClN2O4S. The van der Waals surface area contributed by atoms with Gasteiger partial charge in [0, 0.05) is 30.4 Å². The lowest BCUT2D eigenvalue weighted by Crippen LogP contribution is -2.33. The van der Waals surface area contributed by atoms with Crippen molar-refractivity contribution in [3.63, 3.8) is 0 Å². The second-order valence-electron chi connectivity index (χ2n) is 7.87. The molecule has 0 spiro atoms. The molecule has 6 nitrogen and oxygen atoms in total. The zero-order chi connectivity index (χ0) is 21.1. The molecule has 1 saturated carbocycles. The standard InChI is InChI=1S/C22H25ClN2O4S/c23-19-8-4-3-7-18(19)20-11-12-25(13-14-30(20,27)28)22(26)16-9-10-21(24-15-16)29-17-5-1-2-6-17/h3-4,7-10,15,17,20H,1-2,5-6,11-14H2/t20-/m1/s1. The Kier molecular flexibility index (Phi) is 6.29. The number of aromatic nitrogens is 1. The summed E-state index contributed by atoms with van der Waals surface area (Å²) in [5.74, 6) is 0.214. The number of ether oxygens (including phenoxy) is 1. The summed E-state index contributed by atoms with van der Waals surface area (Å²) in [6.07, 6.45) is 6.46. The van der Waals surface area contributed by atoms with E-state index in [1.807, 2.05) is 0 Å². The predicted molar refractivity (Wildman–Crippen MR) is 116 cm³/mol. The molecule has 0 N–H and O–H groups in total. The molecule has 8 heteroatoms. The Morgan fingerprint density at radius 2 is 1.83 bits per heavy atom. The molecule has 2 heterocycles. The van der Waals surface area contributed by atoms with Gasteiger partial charge in [-0.25, -0.2) is 13.4 Å². The highest BCUT2D eigenvalue weighted by Gasteiger charge is 2.34. The van der Waals surface area contributed by atoms with Gasteiger partial charge in [0.05, 0.1) is 16.6 Å². The van der Waals surface area contributed by atoms with E-state index >= 15 is 0 Å². The van der Waals surface area contributed by atoms with Crippen LogP contribution in [0.15, 0.2) is 42.6 Å². The van der Waals surface area contributed by atoms with E-state index in [0.717, 1.165) is 12.8 Å². The smallest absolute Gasteiger partial charge is 0.255 e. The number of carbonyl (C=O) groups excluding carboxylic acids is 1. The van der Waals surface area contributed by atoms with Crippen LogP contribution in [-0.4, -0.2) is 49.2 Å². The highest BCUT2D eigenvalue weighted by Crippen LogP contribution is 2.34. The molecule has 1 atom stereocenters. The van der Waals surface area contributed by atoms with Crippen molar-refractivity contribution >= 4 is 27.3 Å². The van der Waals surface area contributed by atoms with E-state index in [-0.39, 0.29) is 24.3 Å². The van der Waals surface area contributed by atoms with Gasteiger partial charge in [-0.2, -0.15) is 0 Å². The molecule has 2 fully saturated rings. The number of hydrogen-bond donors (Lipinski definition) is 0. The van der Waals surface area contributed by atoms with E-state index in [1.165, 1.54) is 19.0 Å². The SMILES string of the molecule is O=C(c1ccc(OC2CCCC2)nc1)N1CC[C@H](c2ccccc2Cl)S(=O)(=O)CC1. The molecule has 0 radical (unpaired) electrons. The Morgan fingerprint density at radius 3 is 2.53 bits per heavy atom. The number of halogens is 1. The summed E-state index contributed by atoms with van der Waals surface area (Å²) >= 11 is 6.24. The molecule has 1 aromatic heterocycles. The van der Waals surface area contributed by atoms with Crippen LogP contribution in [0, 0.1) is 0 Å². The largest absolute Gasteiger partial charge is 0.474 e. The van der Waals surface area contributed by atoms with E-state index in [9.17, 15) is 13.2 Å². The van der Waals surface area contributed by atoms with Crippen LogP contribution in [0.25, 0.3) is 0 Å². The van der Waals surface area contributed by atoms with Crippen molar-refractivity contribution in [2.24, 2.45) is 0 Å². The Labute approximate surface area is 182 Å². The molecular weight excluding hydrogens is 424 g/mol. The van der Waals surface area contributed by atoms with Gasteiger partial charge in [-0.05, 0) is 49.8 Å². The Balaban J connectivity index is 1.45. The van der Waals surface area contributed by atoms with Crippen molar-refractivity contribution in [1.29, 1.82) is 0 Å². The molecule has 1 saturated heterocycles. The molecule has 160 valence electrons. The number of carbonyl (C=O) groups is 1. The Hall–Kier alpha value is -2.12. The van der Waals surface area contributed by atoms with Crippen molar-refractivity contribution in [3.05, 3.63) is 58.7 Å². The third-order valence-electron chi connectivity index (χ3n) is 5.85. The molecule has 30 heavy (non-hydrogen) atoms. The predicted octanol–water partition coefficient (Wildman–Crippen LogP) is 4.06. The normalized spacial score (nSPS) is 21.9. The number of benzene rings is 1. The van der Waals surface area contributed by atoms with Gasteiger partial charge in [0.25, 0.3) is 5.91 Å². The maximum absolute atomic E-state index is 13.0. The highest BCUT2D eigenvalue weighted by atomic mass is 35.5. The van der Waals surface area contributed by atoms with Gasteiger partial charge < -0.3 is 9.64 Å². The molecule has 1 aromatic carbocycles. The van der Waals surface area contributed by atoms with Crippen molar-refractivity contribution in [1.82, 2.24) is 9.88 Å². The van der Waals surface area contributed by atoms with Crippen LogP contribution < -0.4 is 4.74 Å². The zero-order valence-corrected chi connectivity index (χ0v) is 18.2. The summed E-state index contributed by atoms with van der Waals surface area (Å²) in [7, 11) is -3.42. The summed E-state index contributed by atoms with van der Waals surface area (Å²) in [6.45, 7) is 0.497. The zero-order valence-electron chi connectivity index (χ0n) is 16.7. The van der Waals surface area contributed by atoms with Crippen LogP contribution in [0.2, 0.25) is 5.02 Å². The number of rotatable bonds is 4. The molecule has 1 amide bonds. The van der Waals surface area contributed by atoms with Crippen molar-refractivity contribution in [2.45, 2.75) is 43.5 Å². The lowest BCUT2D eigenvalue weighted by Gasteiger charge is -2.20. The molecule has 4 rings (SSSR count). The van der Waals surface area contributed by atoms with Crippen molar-refractivity contribution in [2.75, 3.05) is 18.8 Å². The first-order chi connectivity index (χ1) is 14.4. The van der Waals surface area contributed by atoms with Gasteiger partial charge >= 0.3 is 0 Å². The molecule has 1 aliphatic carbocycles. The van der Waals surface area contributed by atoms with Crippen LogP contribution in [0.3, 0.4) is 0 Å². The molecule has 2 aromatic rings. The average Bonchev–Trinajstić information content (AvgIpc) is 3.19. The summed E-state index contributed by atoms with van der Waals surface area (Å²) in [6, 6.07) is 10.4. The fourth-order valence-corrected chi connectivity index (χ4v) is 6.32. The number of nitrogens with zero attached hydrogens (tertiary/aromatic N) is 2. The monoisotopic (exact) mass is 448 g/mol. The van der Waals surface area contributed by atoms with E-state index < -0.39 is 15.1 Å². The van der Waals surface area contributed by atoms with Crippen molar-refractivity contribution in [3.8, 4) is 5.88 Å². The van der Waals surface area contributed by atoms with Crippen LogP contribution in [-0.2, 0) is 9.84 Å². The lowest BCUT2D eigenvalue weighted by atomic mass is 10.1. The van der Waals surface area contributed by atoms with E-state index in [4.69, 9.17) is 16.3 Å². The first-order valence-electron chi connectivity index (χ1n) is 10.3. The third-order valence-corrected chi connectivity index (χ3v) is 8.31. The van der Waals surface area contributed by atoms with Gasteiger partial charge in [-0.1, -0.05) is 29.8 Å². The maximum Gasteiger partial charge on any atom is 0.255 e. The summed E-state index contributed by atoms with van der Waals surface area (Å²) in [4.78, 5) is 18.8. The molecule has 2 aliphatic rings. The van der Waals surface area contributed by atoms with Crippen LogP contribution in [0.1, 0.15) is 53.3 Å². The van der Waals surface area contributed by atoms with Gasteiger partial charge in [-0.15, -0.1) is 0 Å². The minimum Gasteiger partial charge on any atom is -0.474 e. The quantitative estimate of drug-likeness (QED) is 0.704. The highest BCUT2D eigenvalue weighted by molar-refractivity contribution is 7.91.